The molecule has 3 heterocycles. The van der Waals surface area contributed by atoms with Gasteiger partial charge in [0.1, 0.15) is 6.07 Å². The third kappa shape index (κ3) is 3.80. The highest BCUT2D eigenvalue weighted by Gasteiger charge is 2.24. The number of H-pyrrole nitrogens is 1. The number of primary amides is 1. The number of benzene rings is 1. The average molecular weight is 402 g/mol. The third-order valence-corrected chi connectivity index (χ3v) is 5.46. The average Bonchev–Trinajstić information content (AvgIpc) is 3.33. The van der Waals surface area contributed by atoms with E-state index in [4.69, 9.17) is 5.73 Å². The fourth-order valence-electron chi connectivity index (χ4n) is 3.68. The maximum Gasteiger partial charge on any atom is 0.230 e. The minimum absolute atomic E-state index is 0.0854. The maximum absolute atomic E-state index is 11.4. The van der Waals surface area contributed by atoms with Gasteiger partial charge in [0.05, 0.1) is 28.8 Å². The summed E-state index contributed by atoms with van der Waals surface area (Å²) in [5.74, 6) is 0.202. The van der Waals surface area contributed by atoms with Crippen LogP contribution in [0.4, 0.5) is 17.3 Å². The predicted octanol–water partition coefficient (Wildman–Crippen LogP) is 2.21. The standard InChI is InChI=1S/C21H22N8O/c1-28(17-12-25-26-13-17)21-24-7-4-18(27-21)15-2-3-19(16(10-15)11-22)29-8-5-14(6-9-29)20(23)30/h2-4,7,10,12-14H,5-6,8-9H2,1H3,(H2,23,30)(H,25,26). The summed E-state index contributed by atoms with van der Waals surface area (Å²) in [6.45, 7) is 1.41. The van der Waals surface area contributed by atoms with Crippen LogP contribution in [0.25, 0.3) is 11.3 Å². The molecule has 30 heavy (non-hydrogen) atoms. The lowest BCUT2D eigenvalue weighted by atomic mass is 9.95. The predicted molar refractivity (Wildman–Crippen MR) is 113 cm³/mol. The van der Waals surface area contributed by atoms with Crippen LogP contribution in [0.3, 0.4) is 0 Å². The van der Waals surface area contributed by atoms with Crippen molar-refractivity contribution in [3.8, 4) is 17.3 Å². The highest BCUT2D eigenvalue weighted by molar-refractivity contribution is 5.77. The number of aromatic nitrogens is 4. The van der Waals surface area contributed by atoms with Crippen LogP contribution in [0, 0.1) is 17.2 Å². The molecule has 3 aromatic rings. The molecule has 9 nitrogen and oxygen atoms in total. The molecule has 2 aromatic heterocycles. The van der Waals surface area contributed by atoms with Gasteiger partial charge in [-0.15, -0.1) is 0 Å². The van der Waals surface area contributed by atoms with E-state index in [1.165, 1.54) is 0 Å². The molecule has 1 fully saturated rings. The summed E-state index contributed by atoms with van der Waals surface area (Å²) in [6, 6.07) is 9.87. The first-order valence-electron chi connectivity index (χ1n) is 9.71. The molecular weight excluding hydrogens is 380 g/mol. The van der Waals surface area contributed by atoms with E-state index in [1.54, 1.807) is 18.6 Å². The quantitative estimate of drug-likeness (QED) is 0.669. The number of rotatable bonds is 5. The van der Waals surface area contributed by atoms with Gasteiger partial charge in [0.15, 0.2) is 0 Å². The number of hydrogen-bond acceptors (Lipinski definition) is 7. The van der Waals surface area contributed by atoms with Gasteiger partial charge in [0.2, 0.25) is 11.9 Å². The van der Waals surface area contributed by atoms with Crippen molar-refractivity contribution >= 4 is 23.2 Å². The summed E-state index contributed by atoms with van der Waals surface area (Å²) < 4.78 is 0. The number of nitrogens with zero attached hydrogens (tertiary/aromatic N) is 6. The first-order chi connectivity index (χ1) is 14.6. The van der Waals surface area contributed by atoms with Crippen LogP contribution in [0.2, 0.25) is 0 Å². The van der Waals surface area contributed by atoms with Crippen LogP contribution in [0.5, 0.6) is 0 Å². The smallest absolute Gasteiger partial charge is 0.230 e. The van der Waals surface area contributed by atoms with Crippen molar-refractivity contribution in [1.82, 2.24) is 20.2 Å². The zero-order valence-corrected chi connectivity index (χ0v) is 16.6. The lowest BCUT2D eigenvalue weighted by Gasteiger charge is -2.33. The Hall–Kier alpha value is -3.93. The minimum Gasteiger partial charge on any atom is -0.370 e. The van der Waals surface area contributed by atoms with Crippen molar-refractivity contribution in [2.75, 3.05) is 29.9 Å². The number of hydrogen-bond donors (Lipinski definition) is 2. The van der Waals surface area contributed by atoms with Crippen molar-refractivity contribution in [3.05, 3.63) is 48.4 Å². The highest BCUT2D eigenvalue weighted by Crippen LogP contribution is 2.30. The van der Waals surface area contributed by atoms with Crippen molar-refractivity contribution in [2.45, 2.75) is 12.8 Å². The highest BCUT2D eigenvalue weighted by atomic mass is 16.1. The fraction of sp³-hybridized carbons (Fsp3) is 0.286. The number of anilines is 3. The van der Waals surface area contributed by atoms with Crippen LogP contribution >= 0.6 is 0 Å². The van der Waals surface area contributed by atoms with Gasteiger partial charge in [0, 0.05) is 44.0 Å². The molecule has 0 radical (unpaired) electrons. The van der Waals surface area contributed by atoms with E-state index in [2.05, 4.69) is 31.1 Å². The minimum atomic E-state index is -0.245. The largest absolute Gasteiger partial charge is 0.370 e. The molecule has 4 rings (SSSR count). The number of amides is 1. The van der Waals surface area contributed by atoms with E-state index in [1.807, 2.05) is 36.2 Å². The van der Waals surface area contributed by atoms with E-state index in [0.29, 0.717) is 37.4 Å². The van der Waals surface area contributed by atoms with Crippen molar-refractivity contribution in [2.24, 2.45) is 11.7 Å². The van der Waals surface area contributed by atoms with E-state index >= 15 is 0 Å². The molecule has 0 aliphatic carbocycles. The summed E-state index contributed by atoms with van der Waals surface area (Å²) >= 11 is 0. The van der Waals surface area contributed by atoms with Crippen molar-refractivity contribution in [1.29, 1.82) is 5.26 Å². The van der Waals surface area contributed by atoms with Gasteiger partial charge in [0.25, 0.3) is 0 Å². The Morgan fingerprint density at radius 2 is 2.13 bits per heavy atom. The van der Waals surface area contributed by atoms with E-state index in [0.717, 1.165) is 22.6 Å². The summed E-state index contributed by atoms with van der Waals surface area (Å²) in [4.78, 5) is 24.4. The zero-order valence-electron chi connectivity index (χ0n) is 16.6. The van der Waals surface area contributed by atoms with Crippen LogP contribution in [0.1, 0.15) is 18.4 Å². The number of aromatic amines is 1. The normalized spacial score (nSPS) is 14.3. The zero-order chi connectivity index (χ0) is 21.1. The molecule has 1 aromatic carbocycles. The fourth-order valence-corrected chi connectivity index (χ4v) is 3.68. The lowest BCUT2D eigenvalue weighted by Crippen LogP contribution is -2.38. The SMILES string of the molecule is CN(c1cn[nH]c1)c1nccc(-c2ccc(N3CCC(C(N)=O)CC3)c(C#N)c2)n1. The topological polar surface area (TPSA) is 128 Å². The number of nitrogens with two attached hydrogens (primary N) is 1. The molecule has 1 saturated heterocycles. The Bertz CT molecular complexity index is 1080. The van der Waals surface area contributed by atoms with Crippen molar-refractivity contribution in [3.63, 3.8) is 0 Å². The Labute approximate surface area is 174 Å². The first kappa shape index (κ1) is 19.4. The molecule has 152 valence electrons. The van der Waals surface area contributed by atoms with E-state index in [-0.39, 0.29) is 11.8 Å². The Kier molecular flexibility index (Phi) is 5.30. The first-order valence-corrected chi connectivity index (χ1v) is 9.71. The molecule has 0 atom stereocenters. The number of carbonyl (C=O) groups excluding carboxylic acids is 1. The molecule has 0 unspecified atom stereocenters. The molecule has 0 saturated carbocycles. The molecular formula is C21H22N8O. The lowest BCUT2D eigenvalue weighted by molar-refractivity contribution is -0.122. The van der Waals surface area contributed by atoms with Gasteiger partial charge in [-0.2, -0.15) is 10.4 Å². The van der Waals surface area contributed by atoms with Crippen LogP contribution in [-0.4, -0.2) is 46.2 Å². The summed E-state index contributed by atoms with van der Waals surface area (Å²) in [6.07, 6.45) is 6.57. The number of nitrogens with one attached hydrogen (secondary N) is 1. The number of nitriles is 1. The second-order valence-electron chi connectivity index (χ2n) is 7.26. The van der Waals surface area contributed by atoms with Crippen LogP contribution < -0.4 is 15.5 Å². The van der Waals surface area contributed by atoms with Crippen LogP contribution in [-0.2, 0) is 4.79 Å². The van der Waals surface area contributed by atoms with Gasteiger partial charge < -0.3 is 15.5 Å². The number of carbonyl (C=O) groups is 1. The molecule has 0 bridgehead atoms. The van der Waals surface area contributed by atoms with Gasteiger partial charge in [-0.3, -0.25) is 9.89 Å². The Balaban J connectivity index is 1.59. The molecule has 1 aliphatic rings. The van der Waals surface area contributed by atoms with E-state index in [9.17, 15) is 10.1 Å². The molecule has 9 heteroatoms. The summed E-state index contributed by atoms with van der Waals surface area (Å²) in [5.41, 5.74) is 9.29. The summed E-state index contributed by atoms with van der Waals surface area (Å²) in [7, 11) is 1.86. The molecule has 1 aliphatic heterocycles. The monoisotopic (exact) mass is 402 g/mol. The third-order valence-electron chi connectivity index (χ3n) is 5.46. The molecule has 3 N–H and O–H groups in total. The second-order valence-corrected chi connectivity index (χ2v) is 7.26. The Morgan fingerprint density at radius 3 is 2.80 bits per heavy atom. The van der Waals surface area contributed by atoms with E-state index < -0.39 is 0 Å². The second kappa shape index (κ2) is 8.21. The van der Waals surface area contributed by atoms with Gasteiger partial charge >= 0.3 is 0 Å². The van der Waals surface area contributed by atoms with Crippen molar-refractivity contribution < 1.29 is 4.79 Å². The number of piperidine rings is 1. The van der Waals surface area contributed by atoms with Gasteiger partial charge in [-0.1, -0.05) is 6.07 Å². The van der Waals surface area contributed by atoms with Gasteiger partial charge in [-0.05, 0) is 31.0 Å². The maximum atomic E-state index is 11.4. The molecule has 0 spiro atoms. The van der Waals surface area contributed by atoms with Gasteiger partial charge in [-0.25, -0.2) is 9.97 Å². The summed E-state index contributed by atoms with van der Waals surface area (Å²) in [5, 5.41) is 16.5. The molecule has 1 amide bonds. The van der Waals surface area contributed by atoms with Crippen LogP contribution in [0.15, 0.2) is 42.9 Å². The Morgan fingerprint density at radius 1 is 1.33 bits per heavy atom.